The average molecular weight is 553 g/mol. The van der Waals surface area contributed by atoms with Crippen molar-refractivity contribution in [2.75, 3.05) is 27.3 Å². The van der Waals surface area contributed by atoms with Crippen LogP contribution in [0.5, 0.6) is 11.8 Å². The maximum atomic E-state index is 5.33. The minimum atomic E-state index is 0.205. The van der Waals surface area contributed by atoms with Crippen molar-refractivity contribution in [3.8, 4) is 11.8 Å². The number of piperidine rings is 1. The highest BCUT2D eigenvalue weighted by atomic mass is 16.5. The maximum absolute atomic E-state index is 5.33. The second kappa shape index (κ2) is 11.6. The van der Waals surface area contributed by atoms with Gasteiger partial charge in [-0.1, -0.05) is 26.0 Å². The lowest BCUT2D eigenvalue weighted by Gasteiger charge is -2.31. The molecule has 0 spiro atoms. The van der Waals surface area contributed by atoms with Gasteiger partial charge in [0.05, 0.1) is 38.6 Å². The number of ether oxygens (including phenoxy) is 2. The van der Waals surface area contributed by atoms with Gasteiger partial charge in [0.1, 0.15) is 12.2 Å². The number of aliphatic imine (C=N–C) groups is 2. The number of aromatic nitrogens is 3. The molecule has 0 saturated carbocycles. The van der Waals surface area contributed by atoms with E-state index in [2.05, 4.69) is 81.0 Å². The van der Waals surface area contributed by atoms with Crippen LogP contribution in [-0.2, 0) is 6.54 Å². The third-order valence-electron chi connectivity index (χ3n) is 8.64. The second-order valence-electron chi connectivity index (χ2n) is 11.7. The van der Waals surface area contributed by atoms with Crippen LogP contribution in [0.2, 0.25) is 0 Å². The van der Waals surface area contributed by atoms with Crippen LogP contribution in [0, 0.1) is 0 Å². The number of methoxy groups -OCH3 is 2. The number of rotatable bonds is 7. The highest BCUT2D eigenvalue weighted by molar-refractivity contribution is 6.11. The Hall–Kier alpha value is -3.78. The Bertz CT molecular complexity index is 1530. The van der Waals surface area contributed by atoms with Crippen molar-refractivity contribution in [2.24, 2.45) is 9.98 Å². The van der Waals surface area contributed by atoms with Crippen LogP contribution >= 0.6 is 0 Å². The summed E-state index contributed by atoms with van der Waals surface area (Å²) in [7, 11) is 3.24. The molecule has 1 atom stereocenters. The molecule has 1 N–H and O–H groups in total. The van der Waals surface area contributed by atoms with Gasteiger partial charge in [-0.3, -0.25) is 9.89 Å². The number of benzene rings is 1. The third-order valence-corrected chi connectivity index (χ3v) is 8.64. The molecule has 3 aliphatic rings. The van der Waals surface area contributed by atoms with E-state index >= 15 is 0 Å². The molecule has 1 saturated heterocycles. The Kier molecular flexibility index (Phi) is 7.75. The van der Waals surface area contributed by atoms with Crippen LogP contribution in [-0.4, -0.2) is 65.3 Å². The first kappa shape index (κ1) is 27.4. The lowest BCUT2D eigenvalue weighted by molar-refractivity contribution is 0.198. The summed E-state index contributed by atoms with van der Waals surface area (Å²) >= 11 is 0. The first-order chi connectivity index (χ1) is 19.9. The molecule has 0 radical (unpaired) electrons. The molecule has 8 nitrogen and oxygen atoms in total. The summed E-state index contributed by atoms with van der Waals surface area (Å²) in [6.07, 6.45) is 10.6. The molecule has 3 aromatic rings. The molecule has 0 bridgehead atoms. The molecule has 6 rings (SSSR count). The number of nitrogens with one attached hydrogen (secondary N) is 1. The summed E-state index contributed by atoms with van der Waals surface area (Å²) < 4.78 is 10.7. The van der Waals surface area contributed by atoms with Gasteiger partial charge in [-0.2, -0.15) is 9.97 Å². The Morgan fingerprint density at radius 1 is 1.02 bits per heavy atom. The van der Waals surface area contributed by atoms with Crippen molar-refractivity contribution in [2.45, 2.75) is 70.9 Å². The molecule has 1 aromatic carbocycles. The van der Waals surface area contributed by atoms with Crippen molar-refractivity contribution in [3.63, 3.8) is 0 Å². The van der Waals surface area contributed by atoms with Gasteiger partial charge in [-0.15, -0.1) is 0 Å². The topological polar surface area (TPSA) is 88.0 Å². The fraction of sp³-hybridized carbons (Fsp3) is 0.455. The van der Waals surface area contributed by atoms with Gasteiger partial charge in [0.2, 0.25) is 11.8 Å². The zero-order chi connectivity index (χ0) is 28.5. The van der Waals surface area contributed by atoms with Gasteiger partial charge in [0, 0.05) is 16.6 Å². The minimum absolute atomic E-state index is 0.205. The van der Waals surface area contributed by atoms with E-state index in [1.54, 1.807) is 26.6 Å². The molecule has 1 fully saturated rings. The molecular formula is C33H40N6O2. The van der Waals surface area contributed by atoms with Crippen LogP contribution < -0.4 is 9.47 Å². The van der Waals surface area contributed by atoms with E-state index in [1.807, 2.05) is 0 Å². The van der Waals surface area contributed by atoms with E-state index in [-0.39, 0.29) is 6.04 Å². The Labute approximate surface area is 242 Å². The zero-order valence-electron chi connectivity index (χ0n) is 24.8. The third kappa shape index (κ3) is 5.58. The van der Waals surface area contributed by atoms with Crippen molar-refractivity contribution in [3.05, 3.63) is 64.6 Å². The number of aromatic amines is 1. The maximum Gasteiger partial charge on any atom is 0.220 e. The van der Waals surface area contributed by atoms with E-state index in [1.165, 1.54) is 38.9 Å². The normalized spacial score (nSPS) is 22.5. The summed E-state index contributed by atoms with van der Waals surface area (Å²) in [6, 6.07) is 8.98. The van der Waals surface area contributed by atoms with Crippen LogP contribution in [0.15, 0.2) is 52.0 Å². The van der Waals surface area contributed by atoms with Crippen molar-refractivity contribution < 1.29 is 9.47 Å². The minimum Gasteiger partial charge on any atom is -0.481 e. The lowest BCUT2D eigenvalue weighted by Crippen LogP contribution is -2.33. The summed E-state index contributed by atoms with van der Waals surface area (Å²) in [5.74, 6) is 2.74. The van der Waals surface area contributed by atoms with Crippen LogP contribution in [0.1, 0.15) is 80.9 Å². The van der Waals surface area contributed by atoms with Gasteiger partial charge in [0.25, 0.3) is 0 Å². The quantitative estimate of drug-likeness (QED) is 0.364. The summed E-state index contributed by atoms with van der Waals surface area (Å²) in [5, 5.41) is 1.35. The number of hydrogen-bond acceptors (Lipinski definition) is 7. The molecule has 2 aromatic heterocycles. The monoisotopic (exact) mass is 552 g/mol. The van der Waals surface area contributed by atoms with E-state index < -0.39 is 0 Å². The molecule has 1 aliphatic carbocycles. The molecule has 41 heavy (non-hydrogen) atoms. The number of fused-ring (bicyclic) bond motifs is 2. The standard InChI is InChI=1S/C33H40N6O2/c1-20(2)31-25-16-23(22-11-13-39(14-12-22)18-28-37-29(40-4)17-30(38-28)41-5)9-10-26(25)36-33(31)24-7-6-8-27-32(21(3)15-24)35-19-34-27/h7,9-10,15-17,19-20,22,27,36H,6,8,11-14,18H2,1-5H3/b21-15-,24-7+. The van der Waals surface area contributed by atoms with Gasteiger partial charge >= 0.3 is 0 Å². The number of H-pyrrole nitrogens is 1. The van der Waals surface area contributed by atoms with E-state index in [0.717, 1.165) is 50.3 Å². The molecule has 2 aliphatic heterocycles. The smallest absolute Gasteiger partial charge is 0.220 e. The number of hydrogen-bond donors (Lipinski definition) is 1. The molecule has 1 unspecified atom stereocenters. The average Bonchev–Trinajstić information content (AvgIpc) is 3.60. The van der Waals surface area contributed by atoms with E-state index in [4.69, 9.17) is 9.47 Å². The number of nitrogens with zero attached hydrogens (tertiary/aromatic N) is 5. The van der Waals surface area contributed by atoms with Crippen LogP contribution in [0.3, 0.4) is 0 Å². The molecule has 8 heteroatoms. The highest BCUT2D eigenvalue weighted by Gasteiger charge is 2.25. The molecular weight excluding hydrogens is 512 g/mol. The fourth-order valence-electron chi connectivity index (χ4n) is 6.51. The number of allylic oxidation sites excluding steroid dienone is 3. The Balaban J connectivity index is 1.22. The first-order valence-electron chi connectivity index (χ1n) is 14.8. The fourth-order valence-corrected chi connectivity index (χ4v) is 6.51. The van der Waals surface area contributed by atoms with Crippen LogP contribution in [0.4, 0.5) is 0 Å². The molecule has 4 heterocycles. The van der Waals surface area contributed by atoms with Crippen LogP contribution in [0.25, 0.3) is 16.5 Å². The Morgan fingerprint density at radius 3 is 2.49 bits per heavy atom. The van der Waals surface area contributed by atoms with Crippen molar-refractivity contribution in [1.82, 2.24) is 19.9 Å². The second-order valence-corrected chi connectivity index (χ2v) is 11.7. The van der Waals surface area contributed by atoms with Gasteiger partial charge in [0.15, 0.2) is 0 Å². The molecule has 0 amide bonds. The van der Waals surface area contributed by atoms with Gasteiger partial charge in [-0.05, 0) is 98.0 Å². The Morgan fingerprint density at radius 2 is 1.78 bits per heavy atom. The zero-order valence-corrected chi connectivity index (χ0v) is 24.8. The summed E-state index contributed by atoms with van der Waals surface area (Å²) in [6.45, 7) is 9.48. The van der Waals surface area contributed by atoms with Crippen molar-refractivity contribution >= 4 is 28.5 Å². The highest BCUT2D eigenvalue weighted by Crippen LogP contribution is 2.38. The summed E-state index contributed by atoms with van der Waals surface area (Å²) in [4.78, 5) is 24.4. The predicted molar refractivity (Wildman–Crippen MR) is 165 cm³/mol. The summed E-state index contributed by atoms with van der Waals surface area (Å²) in [5.41, 5.74) is 8.88. The SMILES string of the molecule is COc1cc(OC)nc(CN2CCC(c3ccc4[nH]c(C5=C/CCC6N=CN=C6/C(C)=C\5)c(C(C)C)c4c3)CC2)n1. The lowest BCUT2D eigenvalue weighted by atomic mass is 9.87. The molecule has 214 valence electrons. The number of likely N-dealkylation sites (tertiary alicyclic amines) is 1. The van der Waals surface area contributed by atoms with Gasteiger partial charge < -0.3 is 14.5 Å². The predicted octanol–water partition coefficient (Wildman–Crippen LogP) is 6.45. The largest absolute Gasteiger partial charge is 0.481 e. The van der Waals surface area contributed by atoms with Crippen molar-refractivity contribution in [1.29, 1.82) is 0 Å². The van der Waals surface area contributed by atoms with E-state index in [9.17, 15) is 0 Å². The first-order valence-corrected chi connectivity index (χ1v) is 14.8. The van der Waals surface area contributed by atoms with Gasteiger partial charge in [-0.25, -0.2) is 4.99 Å². The van der Waals surface area contributed by atoms with E-state index in [0.29, 0.717) is 30.1 Å².